The maximum absolute atomic E-state index is 11.2. The quantitative estimate of drug-likeness (QED) is 0.517. The molecular weight excluding hydrogens is 210 g/mol. The standard InChI is InChI=1S/C3H3F6O2Si/c1-12(10-2(4,5)6)11-3(7,8)9/h1H3. The first kappa shape index (κ1) is 11.7. The lowest BCUT2D eigenvalue weighted by atomic mass is 11.4. The maximum Gasteiger partial charge on any atom is 0.514 e. The predicted octanol–water partition coefficient (Wildman–Crippen LogP) is 2.18. The maximum atomic E-state index is 11.2. The molecule has 0 saturated carbocycles. The molecule has 1 radical (unpaired) electrons. The average molecular weight is 213 g/mol. The van der Waals surface area contributed by atoms with E-state index in [4.69, 9.17) is 0 Å². The lowest BCUT2D eigenvalue weighted by Crippen LogP contribution is -2.33. The van der Waals surface area contributed by atoms with Crippen LogP contribution in [0.1, 0.15) is 0 Å². The Bertz CT molecular complexity index is 125. The largest absolute Gasteiger partial charge is 0.514 e. The third kappa shape index (κ3) is 7.82. The normalized spacial score (nSPS) is 14.0. The summed E-state index contributed by atoms with van der Waals surface area (Å²) in [7, 11) is -3.35. The lowest BCUT2D eigenvalue weighted by molar-refractivity contribution is -0.316. The highest BCUT2D eigenvalue weighted by atomic mass is 28.3. The predicted molar refractivity (Wildman–Crippen MR) is 25.9 cm³/mol. The monoisotopic (exact) mass is 213 g/mol. The highest BCUT2D eigenvalue weighted by Crippen LogP contribution is 2.22. The second-order valence-corrected chi connectivity index (χ2v) is 2.98. The summed E-state index contributed by atoms with van der Waals surface area (Å²) in [5, 5.41) is 0. The van der Waals surface area contributed by atoms with Gasteiger partial charge in [-0.05, 0) is 6.55 Å². The van der Waals surface area contributed by atoms with Crippen LogP contribution in [-0.2, 0) is 8.85 Å². The van der Waals surface area contributed by atoms with E-state index in [1.54, 1.807) is 0 Å². The molecule has 73 valence electrons. The Labute approximate surface area is 64.9 Å². The first-order chi connectivity index (χ1) is 5.10. The molecule has 0 N–H and O–H groups in total. The Kier molecular flexibility index (Phi) is 3.54. The van der Waals surface area contributed by atoms with Gasteiger partial charge in [-0.25, -0.2) is 0 Å². The summed E-state index contributed by atoms with van der Waals surface area (Å²) < 4.78 is 73.4. The van der Waals surface area contributed by atoms with Crippen molar-refractivity contribution < 1.29 is 35.2 Å². The molecule has 12 heavy (non-hydrogen) atoms. The first-order valence-corrected chi connectivity index (χ1v) is 4.27. The van der Waals surface area contributed by atoms with Gasteiger partial charge in [0, 0.05) is 0 Å². The van der Waals surface area contributed by atoms with Crippen LogP contribution in [0.5, 0.6) is 0 Å². The molecule has 0 heterocycles. The number of alkyl halides is 6. The summed E-state index contributed by atoms with van der Waals surface area (Å²) >= 11 is 0. The van der Waals surface area contributed by atoms with Gasteiger partial charge in [-0.1, -0.05) is 0 Å². The van der Waals surface area contributed by atoms with Gasteiger partial charge < -0.3 is 8.85 Å². The molecular formula is C3H3F6O2Si. The molecule has 0 atom stereocenters. The van der Waals surface area contributed by atoms with Crippen LogP contribution in [0.4, 0.5) is 26.3 Å². The molecule has 0 aliphatic carbocycles. The van der Waals surface area contributed by atoms with E-state index in [1.807, 2.05) is 0 Å². The van der Waals surface area contributed by atoms with Crippen molar-refractivity contribution in [3.05, 3.63) is 0 Å². The molecule has 9 heteroatoms. The molecule has 0 aliphatic rings. The summed E-state index contributed by atoms with van der Waals surface area (Å²) in [6.07, 6.45) is -10.2. The molecule has 0 aromatic rings. The molecule has 0 unspecified atom stereocenters. The van der Waals surface area contributed by atoms with E-state index >= 15 is 0 Å². The molecule has 0 aromatic heterocycles. The highest BCUT2D eigenvalue weighted by Gasteiger charge is 2.40. The fourth-order valence-corrected chi connectivity index (χ4v) is 1.04. The van der Waals surface area contributed by atoms with Gasteiger partial charge in [-0.2, -0.15) is 0 Å². The smallest absolute Gasteiger partial charge is 0.305 e. The van der Waals surface area contributed by atoms with Gasteiger partial charge in [-0.15, -0.1) is 26.3 Å². The molecule has 0 spiro atoms. The van der Waals surface area contributed by atoms with Crippen LogP contribution in [-0.4, -0.2) is 22.0 Å². The third-order valence-electron chi connectivity index (χ3n) is 0.519. The van der Waals surface area contributed by atoms with Crippen molar-refractivity contribution in [2.24, 2.45) is 0 Å². The Morgan fingerprint density at radius 3 is 1.25 bits per heavy atom. The van der Waals surface area contributed by atoms with Gasteiger partial charge in [0.25, 0.3) is 0 Å². The van der Waals surface area contributed by atoms with Gasteiger partial charge in [0.15, 0.2) is 0 Å². The topological polar surface area (TPSA) is 18.5 Å². The lowest BCUT2D eigenvalue weighted by Gasteiger charge is -2.14. The number of hydrogen-bond acceptors (Lipinski definition) is 2. The van der Waals surface area contributed by atoms with Crippen LogP contribution in [0.15, 0.2) is 0 Å². The Hall–Kier alpha value is -0.283. The van der Waals surface area contributed by atoms with E-state index in [2.05, 4.69) is 8.85 Å². The van der Waals surface area contributed by atoms with Crippen molar-refractivity contribution in [2.45, 2.75) is 19.3 Å². The molecule has 0 aromatic carbocycles. The van der Waals surface area contributed by atoms with Crippen LogP contribution in [0, 0.1) is 0 Å². The first-order valence-electron chi connectivity index (χ1n) is 2.45. The zero-order chi connectivity index (χ0) is 9.99. The fraction of sp³-hybridized carbons (Fsp3) is 1.00. The van der Waals surface area contributed by atoms with Gasteiger partial charge >= 0.3 is 22.0 Å². The van der Waals surface area contributed by atoms with E-state index in [1.165, 1.54) is 0 Å². The van der Waals surface area contributed by atoms with Crippen molar-refractivity contribution >= 4 is 9.28 Å². The molecule has 0 saturated heterocycles. The van der Waals surface area contributed by atoms with Crippen molar-refractivity contribution in [2.75, 3.05) is 0 Å². The minimum Gasteiger partial charge on any atom is -0.305 e. The minimum absolute atomic E-state index is 0.589. The Morgan fingerprint density at radius 2 is 1.08 bits per heavy atom. The fourth-order valence-electron chi connectivity index (χ4n) is 0.347. The Balaban J connectivity index is 3.83. The van der Waals surface area contributed by atoms with Crippen molar-refractivity contribution in [1.82, 2.24) is 0 Å². The van der Waals surface area contributed by atoms with Gasteiger partial charge in [0.1, 0.15) is 0 Å². The summed E-state index contributed by atoms with van der Waals surface area (Å²) in [6, 6.07) is 0. The second-order valence-electron chi connectivity index (χ2n) is 1.59. The number of hydrogen-bond donors (Lipinski definition) is 0. The zero-order valence-electron chi connectivity index (χ0n) is 5.58. The molecule has 0 aliphatic heterocycles. The summed E-state index contributed by atoms with van der Waals surface area (Å²) in [5.41, 5.74) is 0. The molecule has 2 nitrogen and oxygen atoms in total. The van der Waals surface area contributed by atoms with E-state index in [-0.39, 0.29) is 0 Å². The van der Waals surface area contributed by atoms with Gasteiger partial charge in [0.2, 0.25) is 0 Å². The second kappa shape index (κ2) is 3.62. The summed E-state index contributed by atoms with van der Waals surface area (Å²) in [5.74, 6) is 0. The van der Waals surface area contributed by atoms with E-state index in [0.29, 0.717) is 6.55 Å². The van der Waals surface area contributed by atoms with Crippen LogP contribution < -0.4 is 0 Å². The van der Waals surface area contributed by atoms with Crippen LogP contribution in [0.3, 0.4) is 0 Å². The summed E-state index contributed by atoms with van der Waals surface area (Å²) in [6.45, 7) is 0.589. The SMILES string of the molecule is C[Si](OC(F)(F)F)OC(F)(F)F. The van der Waals surface area contributed by atoms with Gasteiger partial charge in [-0.3, -0.25) is 0 Å². The van der Waals surface area contributed by atoms with Crippen molar-refractivity contribution in [3.63, 3.8) is 0 Å². The van der Waals surface area contributed by atoms with E-state index < -0.39 is 22.0 Å². The number of halogens is 6. The summed E-state index contributed by atoms with van der Waals surface area (Å²) in [4.78, 5) is 0. The third-order valence-corrected chi connectivity index (χ3v) is 1.56. The van der Waals surface area contributed by atoms with Crippen LogP contribution in [0.25, 0.3) is 0 Å². The Morgan fingerprint density at radius 1 is 0.833 bits per heavy atom. The zero-order valence-corrected chi connectivity index (χ0v) is 6.58. The highest BCUT2D eigenvalue weighted by molar-refractivity contribution is 6.42. The molecule has 0 rings (SSSR count). The van der Waals surface area contributed by atoms with Crippen LogP contribution in [0.2, 0.25) is 6.55 Å². The average Bonchev–Trinajstić information content (AvgIpc) is 1.49. The van der Waals surface area contributed by atoms with Crippen LogP contribution >= 0.6 is 0 Å². The molecule has 0 amide bonds. The van der Waals surface area contributed by atoms with Crippen molar-refractivity contribution in [1.29, 1.82) is 0 Å². The van der Waals surface area contributed by atoms with Gasteiger partial charge in [0.05, 0.1) is 0 Å². The molecule has 0 bridgehead atoms. The van der Waals surface area contributed by atoms with Crippen molar-refractivity contribution in [3.8, 4) is 0 Å². The number of rotatable bonds is 2. The minimum atomic E-state index is -5.09. The van der Waals surface area contributed by atoms with E-state index in [9.17, 15) is 26.3 Å². The molecule has 0 fully saturated rings. The van der Waals surface area contributed by atoms with E-state index in [0.717, 1.165) is 0 Å².